The Hall–Kier alpha value is -4.01. The minimum Gasteiger partial charge on any atom is -0.490 e. The maximum absolute atomic E-state index is 13.4. The maximum Gasteiger partial charge on any atom is 0.408 e. The molecule has 1 N–H and O–H groups in total. The molecule has 3 aromatic rings. The average Bonchev–Trinajstić information content (AvgIpc) is 3.02. The monoisotopic (exact) mass is 495 g/mol. The van der Waals surface area contributed by atoms with Crippen LogP contribution in [0.1, 0.15) is 39.9 Å². The van der Waals surface area contributed by atoms with Gasteiger partial charge in [0, 0.05) is 12.5 Å². The number of fused-ring (bicyclic) bond motifs is 2. The van der Waals surface area contributed by atoms with Crippen LogP contribution in [0.2, 0.25) is 0 Å². The largest absolute Gasteiger partial charge is 0.490 e. The van der Waals surface area contributed by atoms with Crippen molar-refractivity contribution in [2.75, 3.05) is 13.2 Å². The third kappa shape index (κ3) is 5.62. The topological polar surface area (TPSA) is 113 Å². The van der Waals surface area contributed by atoms with Gasteiger partial charge in [-0.15, -0.1) is 0 Å². The number of carbonyl (C=O) groups is 2. The first-order valence-corrected chi connectivity index (χ1v) is 11.7. The maximum atomic E-state index is 13.4. The first kappa shape index (κ1) is 25.1. The van der Waals surface area contributed by atoms with E-state index < -0.39 is 23.7 Å². The van der Waals surface area contributed by atoms with E-state index >= 15 is 0 Å². The number of hydrogen-bond acceptors (Lipinski definition) is 8. The Kier molecular flexibility index (Phi) is 6.92. The zero-order valence-electron chi connectivity index (χ0n) is 20.9. The van der Waals surface area contributed by atoms with Crippen molar-refractivity contribution in [3.05, 3.63) is 52.4 Å². The van der Waals surface area contributed by atoms with Gasteiger partial charge in [0.1, 0.15) is 28.7 Å². The molecule has 0 saturated heterocycles. The lowest BCUT2D eigenvalue weighted by atomic mass is 10.0. The highest BCUT2D eigenvalue weighted by atomic mass is 16.6. The van der Waals surface area contributed by atoms with Gasteiger partial charge in [-0.25, -0.2) is 9.59 Å². The van der Waals surface area contributed by atoms with Crippen LogP contribution in [0.3, 0.4) is 0 Å². The summed E-state index contributed by atoms with van der Waals surface area (Å²) in [5.74, 6) is 1.12. The molecule has 4 rings (SSSR count). The third-order valence-corrected chi connectivity index (χ3v) is 5.38. The van der Waals surface area contributed by atoms with Crippen molar-refractivity contribution in [1.29, 1.82) is 0 Å². The molecule has 36 heavy (non-hydrogen) atoms. The fourth-order valence-corrected chi connectivity index (χ4v) is 3.75. The third-order valence-electron chi connectivity index (χ3n) is 5.38. The van der Waals surface area contributed by atoms with Gasteiger partial charge >= 0.3 is 12.1 Å². The van der Waals surface area contributed by atoms with E-state index in [-0.39, 0.29) is 16.8 Å². The summed E-state index contributed by atoms with van der Waals surface area (Å²) >= 11 is 0. The van der Waals surface area contributed by atoms with E-state index in [4.69, 9.17) is 23.4 Å². The number of rotatable bonds is 4. The van der Waals surface area contributed by atoms with Crippen LogP contribution in [0.5, 0.6) is 17.2 Å². The molecule has 0 radical (unpaired) electrons. The minimum absolute atomic E-state index is 0.177. The van der Waals surface area contributed by atoms with Crippen LogP contribution in [0.15, 0.2) is 45.6 Å². The van der Waals surface area contributed by atoms with Crippen LogP contribution in [-0.4, -0.2) is 36.9 Å². The van der Waals surface area contributed by atoms with Gasteiger partial charge in [0.2, 0.25) is 5.43 Å². The van der Waals surface area contributed by atoms with Gasteiger partial charge in [-0.1, -0.05) is 6.07 Å². The fraction of sp³-hybridized carbons (Fsp3) is 0.370. The first-order chi connectivity index (χ1) is 17.0. The summed E-state index contributed by atoms with van der Waals surface area (Å²) in [4.78, 5) is 37.7. The Morgan fingerprint density at radius 1 is 1.03 bits per heavy atom. The van der Waals surface area contributed by atoms with E-state index in [1.54, 1.807) is 52.0 Å². The van der Waals surface area contributed by atoms with E-state index in [2.05, 4.69) is 5.32 Å². The molecular weight excluding hydrogens is 466 g/mol. The van der Waals surface area contributed by atoms with Crippen molar-refractivity contribution in [2.24, 2.45) is 0 Å². The molecule has 1 aliphatic rings. The molecule has 9 nitrogen and oxygen atoms in total. The summed E-state index contributed by atoms with van der Waals surface area (Å²) in [6.07, 6.45) is 0.0542. The molecule has 1 atom stereocenters. The van der Waals surface area contributed by atoms with E-state index in [9.17, 15) is 14.4 Å². The van der Waals surface area contributed by atoms with Crippen LogP contribution in [-0.2, 0) is 9.53 Å². The molecule has 0 fully saturated rings. The van der Waals surface area contributed by atoms with Crippen molar-refractivity contribution in [2.45, 2.75) is 52.7 Å². The molecule has 1 aromatic heterocycles. The number of aryl methyl sites for hydroxylation is 1. The summed E-state index contributed by atoms with van der Waals surface area (Å²) in [5.41, 5.74) is 0.428. The van der Waals surface area contributed by atoms with E-state index in [1.807, 2.05) is 0 Å². The molecule has 0 spiro atoms. The summed E-state index contributed by atoms with van der Waals surface area (Å²) in [6.45, 7) is 9.47. The van der Waals surface area contributed by atoms with Crippen molar-refractivity contribution in [1.82, 2.24) is 5.32 Å². The number of nitrogens with one attached hydrogen (secondary N) is 1. The van der Waals surface area contributed by atoms with Crippen molar-refractivity contribution in [3.8, 4) is 28.4 Å². The quantitative estimate of drug-likeness (QED) is 0.408. The SMILES string of the molecule is Cc1oc2cc(OC(=O)[C@@H](C)NC(=O)OC(C)(C)C)ccc2c(=O)c1-c1ccc2c(c1)OCCCO2. The average molecular weight is 496 g/mol. The Balaban J connectivity index is 1.56. The lowest BCUT2D eigenvalue weighted by Crippen LogP contribution is -2.43. The molecule has 190 valence electrons. The number of benzene rings is 2. The molecule has 0 bridgehead atoms. The molecule has 1 aliphatic heterocycles. The lowest BCUT2D eigenvalue weighted by Gasteiger charge is -2.21. The Morgan fingerprint density at radius 3 is 2.47 bits per heavy atom. The zero-order valence-corrected chi connectivity index (χ0v) is 20.9. The summed E-state index contributed by atoms with van der Waals surface area (Å²) in [6, 6.07) is 8.93. The standard InChI is InChI=1S/C27H29NO8/c1-15(28-26(31)36-27(3,4)5)25(30)35-18-8-9-19-21(14-18)34-16(2)23(24(19)29)17-7-10-20-22(13-17)33-12-6-11-32-20/h7-10,13-15H,6,11-12H2,1-5H3,(H,28,31)/t15-/m1/s1. The molecule has 2 aromatic carbocycles. The molecule has 0 saturated carbocycles. The van der Waals surface area contributed by atoms with Gasteiger partial charge in [0.25, 0.3) is 0 Å². The number of ether oxygens (including phenoxy) is 4. The fourth-order valence-electron chi connectivity index (χ4n) is 3.75. The highest BCUT2D eigenvalue weighted by molar-refractivity contribution is 5.86. The normalized spacial score (nSPS) is 14.0. The van der Waals surface area contributed by atoms with Gasteiger partial charge in [-0.05, 0) is 64.4 Å². The second-order valence-corrected chi connectivity index (χ2v) is 9.52. The minimum atomic E-state index is -0.953. The van der Waals surface area contributed by atoms with Crippen molar-refractivity contribution in [3.63, 3.8) is 0 Å². The van der Waals surface area contributed by atoms with Gasteiger partial charge in [0.05, 0.1) is 24.2 Å². The molecule has 2 heterocycles. The number of hydrogen-bond donors (Lipinski definition) is 1. The number of carbonyl (C=O) groups excluding carboxylic acids is 2. The number of alkyl carbamates (subject to hydrolysis) is 1. The molecular formula is C27H29NO8. The molecule has 1 amide bonds. The highest BCUT2D eigenvalue weighted by Crippen LogP contribution is 2.35. The zero-order chi connectivity index (χ0) is 26.0. The molecule has 9 heteroatoms. The number of esters is 1. The molecule has 0 unspecified atom stereocenters. The van der Waals surface area contributed by atoms with Crippen molar-refractivity contribution < 1.29 is 33.0 Å². The summed E-state index contributed by atoms with van der Waals surface area (Å²) in [5, 5.41) is 2.77. The lowest BCUT2D eigenvalue weighted by molar-refractivity contribution is -0.136. The van der Waals surface area contributed by atoms with E-state index in [1.165, 1.54) is 19.1 Å². The predicted molar refractivity (Wildman–Crippen MR) is 133 cm³/mol. The Labute approximate surface area is 208 Å². The summed E-state index contributed by atoms with van der Waals surface area (Å²) < 4.78 is 27.9. The van der Waals surface area contributed by atoms with E-state index in [0.29, 0.717) is 47.0 Å². The van der Waals surface area contributed by atoms with Gasteiger partial charge < -0.3 is 28.7 Å². The van der Waals surface area contributed by atoms with Crippen molar-refractivity contribution >= 4 is 23.0 Å². The first-order valence-electron chi connectivity index (χ1n) is 11.7. The van der Waals surface area contributed by atoms with Crippen LogP contribution in [0, 0.1) is 6.92 Å². The van der Waals surface area contributed by atoms with Gasteiger partial charge in [-0.3, -0.25) is 4.79 Å². The van der Waals surface area contributed by atoms with Crippen LogP contribution in [0.4, 0.5) is 4.79 Å². The van der Waals surface area contributed by atoms with Crippen LogP contribution >= 0.6 is 0 Å². The summed E-state index contributed by atoms with van der Waals surface area (Å²) in [7, 11) is 0. The molecule has 0 aliphatic carbocycles. The van der Waals surface area contributed by atoms with Gasteiger partial charge in [0.15, 0.2) is 11.5 Å². The van der Waals surface area contributed by atoms with Gasteiger partial charge in [-0.2, -0.15) is 0 Å². The Bertz CT molecular complexity index is 1370. The Morgan fingerprint density at radius 2 is 1.75 bits per heavy atom. The van der Waals surface area contributed by atoms with E-state index in [0.717, 1.165) is 6.42 Å². The smallest absolute Gasteiger partial charge is 0.408 e. The predicted octanol–water partition coefficient (Wildman–Crippen LogP) is 4.75. The second-order valence-electron chi connectivity index (χ2n) is 9.52. The van der Waals surface area contributed by atoms with Crippen LogP contribution in [0.25, 0.3) is 22.1 Å². The number of amides is 1. The second kappa shape index (κ2) is 9.93. The highest BCUT2D eigenvalue weighted by Gasteiger charge is 2.23. The van der Waals surface area contributed by atoms with Crippen LogP contribution < -0.4 is 25.0 Å².